The Balaban J connectivity index is 1.91. The second-order valence-electron chi connectivity index (χ2n) is 5.41. The smallest absolute Gasteiger partial charge is 0.279 e. The van der Waals surface area contributed by atoms with Crippen LogP contribution in [0.1, 0.15) is 24.0 Å². The molecule has 4 nitrogen and oxygen atoms in total. The van der Waals surface area contributed by atoms with E-state index in [0.717, 1.165) is 30.9 Å². The molecule has 4 rings (SSSR count). The van der Waals surface area contributed by atoms with Crippen LogP contribution in [0, 0.1) is 0 Å². The summed E-state index contributed by atoms with van der Waals surface area (Å²) in [5, 5.41) is 1.31. The molecule has 0 amide bonds. The van der Waals surface area contributed by atoms with Crippen molar-refractivity contribution in [3.05, 3.63) is 15.7 Å². The Hall–Kier alpha value is -0.720. The highest BCUT2D eigenvalue weighted by Gasteiger charge is 2.29. The van der Waals surface area contributed by atoms with Crippen molar-refractivity contribution in [3.8, 4) is 0 Å². The first kappa shape index (κ1) is 13.0. The number of nitrogens with zero attached hydrogens (tertiary/aromatic N) is 2. The number of hydrogen-bond acceptors (Lipinski definition) is 4. The highest BCUT2D eigenvalue weighted by molar-refractivity contribution is 9.10. The molecule has 1 fully saturated rings. The van der Waals surface area contributed by atoms with Crippen molar-refractivity contribution >= 4 is 43.5 Å². The summed E-state index contributed by atoms with van der Waals surface area (Å²) < 4.78 is 11.0. The summed E-state index contributed by atoms with van der Waals surface area (Å²) in [5.41, 5.74) is 3.01. The molecular formula is C14H17BrN3OS+. The van der Waals surface area contributed by atoms with Gasteiger partial charge in [-0.1, -0.05) is 0 Å². The maximum Gasteiger partial charge on any atom is 0.279 e. The number of rotatable bonds is 1. The van der Waals surface area contributed by atoms with E-state index >= 15 is 0 Å². The lowest BCUT2D eigenvalue weighted by molar-refractivity contribution is -0.329. The molecule has 106 valence electrons. The Kier molecular flexibility index (Phi) is 3.40. The van der Waals surface area contributed by atoms with E-state index < -0.39 is 0 Å². The lowest BCUT2D eigenvalue weighted by Gasteiger charge is -2.25. The van der Waals surface area contributed by atoms with Crippen molar-refractivity contribution in [1.82, 2.24) is 4.37 Å². The summed E-state index contributed by atoms with van der Waals surface area (Å²) in [4.78, 5) is 7.28. The molecule has 0 spiro atoms. The van der Waals surface area contributed by atoms with Crippen LogP contribution in [-0.4, -0.2) is 30.7 Å². The number of ether oxygens (including phenoxy) is 1. The number of morpholine rings is 1. The lowest BCUT2D eigenvalue weighted by Crippen LogP contribution is -2.40. The minimum absolute atomic E-state index is 0.826. The van der Waals surface area contributed by atoms with Gasteiger partial charge in [0.25, 0.3) is 5.82 Å². The number of anilines is 1. The molecule has 1 aliphatic heterocycles. The molecule has 2 aliphatic rings. The molecule has 0 unspecified atom stereocenters. The van der Waals surface area contributed by atoms with Crippen molar-refractivity contribution in [2.45, 2.75) is 25.7 Å². The maximum absolute atomic E-state index is 5.48. The largest absolute Gasteiger partial charge is 0.373 e. The molecule has 0 atom stereocenters. The number of aromatic nitrogens is 2. The Morgan fingerprint density at radius 1 is 1.15 bits per heavy atom. The van der Waals surface area contributed by atoms with Gasteiger partial charge in [-0.3, -0.25) is 4.90 Å². The van der Waals surface area contributed by atoms with E-state index in [0.29, 0.717) is 0 Å². The summed E-state index contributed by atoms with van der Waals surface area (Å²) >= 11 is 5.17. The average Bonchev–Trinajstić information content (AvgIpc) is 2.89. The molecule has 1 aliphatic carbocycles. The highest BCUT2D eigenvalue weighted by Crippen LogP contribution is 2.36. The fourth-order valence-electron chi connectivity index (χ4n) is 3.30. The van der Waals surface area contributed by atoms with E-state index in [9.17, 15) is 0 Å². The van der Waals surface area contributed by atoms with Gasteiger partial charge in [0.1, 0.15) is 17.7 Å². The second kappa shape index (κ2) is 5.24. The summed E-state index contributed by atoms with van der Waals surface area (Å²) in [7, 11) is 0. The third kappa shape index (κ3) is 2.05. The molecule has 1 saturated heterocycles. The van der Waals surface area contributed by atoms with Crippen molar-refractivity contribution < 1.29 is 9.72 Å². The number of fused-ring (bicyclic) bond motifs is 3. The normalized spacial score (nSPS) is 19.4. The van der Waals surface area contributed by atoms with Crippen molar-refractivity contribution in [2.75, 3.05) is 31.2 Å². The van der Waals surface area contributed by atoms with Crippen LogP contribution >= 0.6 is 27.5 Å². The number of nitrogens with one attached hydrogen (secondary N) is 1. The van der Waals surface area contributed by atoms with Crippen LogP contribution < -0.4 is 9.88 Å². The second-order valence-corrected chi connectivity index (χ2v) is 6.94. The van der Waals surface area contributed by atoms with Crippen LogP contribution in [0.25, 0.3) is 10.2 Å². The van der Waals surface area contributed by atoms with Crippen LogP contribution in [0.4, 0.5) is 5.82 Å². The van der Waals surface area contributed by atoms with Gasteiger partial charge in [-0.05, 0) is 47.2 Å². The third-order valence-corrected chi connectivity index (χ3v) is 5.84. The van der Waals surface area contributed by atoms with Gasteiger partial charge in [-0.2, -0.15) is 4.37 Å². The Morgan fingerprint density at radius 2 is 1.90 bits per heavy atom. The minimum Gasteiger partial charge on any atom is -0.373 e. The van der Waals surface area contributed by atoms with Crippen molar-refractivity contribution in [2.24, 2.45) is 0 Å². The first-order valence-electron chi connectivity index (χ1n) is 7.19. The highest BCUT2D eigenvalue weighted by atomic mass is 79.9. The van der Waals surface area contributed by atoms with E-state index in [1.165, 1.54) is 52.8 Å². The average molecular weight is 355 g/mol. The van der Waals surface area contributed by atoms with Gasteiger partial charge >= 0.3 is 0 Å². The number of H-pyrrole nitrogens is 1. The predicted molar refractivity (Wildman–Crippen MR) is 83.5 cm³/mol. The summed E-state index contributed by atoms with van der Waals surface area (Å²) in [6, 6.07) is 0. The van der Waals surface area contributed by atoms with Gasteiger partial charge in [-0.25, -0.2) is 4.98 Å². The van der Waals surface area contributed by atoms with Gasteiger partial charge < -0.3 is 4.74 Å². The van der Waals surface area contributed by atoms with E-state index in [-0.39, 0.29) is 0 Å². The van der Waals surface area contributed by atoms with E-state index in [4.69, 9.17) is 4.74 Å². The molecule has 0 aromatic carbocycles. The summed E-state index contributed by atoms with van der Waals surface area (Å²) in [6.07, 6.45) is 4.93. The Bertz CT molecular complexity index is 651. The molecule has 2 aromatic heterocycles. The summed E-state index contributed by atoms with van der Waals surface area (Å²) in [5.74, 6) is 1.31. The van der Waals surface area contributed by atoms with Gasteiger partial charge in [0.05, 0.1) is 18.6 Å². The first-order chi connectivity index (χ1) is 9.84. The van der Waals surface area contributed by atoms with Crippen LogP contribution in [0.15, 0.2) is 4.60 Å². The van der Waals surface area contributed by atoms with Gasteiger partial charge in [0.2, 0.25) is 4.83 Å². The zero-order valence-corrected chi connectivity index (χ0v) is 13.6. The number of halogens is 1. The predicted octanol–water partition coefficient (Wildman–Crippen LogP) is 2.59. The number of aromatic amines is 1. The molecule has 0 bridgehead atoms. The van der Waals surface area contributed by atoms with Crippen LogP contribution in [0.3, 0.4) is 0 Å². The molecular weight excluding hydrogens is 338 g/mol. The third-order valence-electron chi connectivity index (χ3n) is 4.27. The minimum atomic E-state index is 0.826. The monoisotopic (exact) mass is 354 g/mol. The standard InChI is InChI=1S/C14H16BrN3OS/c15-12-11-9-3-1-2-4-10(9)13(16-14(11)20-17-12)18-5-7-19-8-6-18/h1-8H2/p+1. The van der Waals surface area contributed by atoms with Gasteiger partial charge in [-0.15, -0.1) is 0 Å². The van der Waals surface area contributed by atoms with Crippen LogP contribution in [0.2, 0.25) is 0 Å². The van der Waals surface area contributed by atoms with Crippen LogP contribution in [0.5, 0.6) is 0 Å². The SMILES string of the molecule is Brc1nsc2[nH+]c(N3CCOCC3)c3c(c12)CCCC3. The first-order valence-corrected chi connectivity index (χ1v) is 8.76. The number of hydrogen-bond donors (Lipinski definition) is 0. The molecule has 1 N–H and O–H groups in total. The van der Waals surface area contributed by atoms with E-state index in [2.05, 4.69) is 30.2 Å². The molecule has 20 heavy (non-hydrogen) atoms. The lowest BCUT2D eigenvalue weighted by atomic mass is 9.90. The van der Waals surface area contributed by atoms with Crippen LogP contribution in [-0.2, 0) is 17.6 Å². The quantitative estimate of drug-likeness (QED) is 0.790. The Morgan fingerprint density at radius 3 is 2.70 bits per heavy atom. The van der Waals surface area contributed by atoms with Crippen molar-refractivity contribution in [3.63, 3.8) is 0 Å². The van der Waals surface area contributed by atoms with Gasteiger partial charge in [0.15, 0.2) is 0 Å². The number of pyridine rings is 1. The molecule has 3 heterocycles. The summed E-state index contributed by atoms with van der Waals surface area (Å²) in [6.45, 7) is 3.61. The molecule has 6 heteroatoms. The molecule has 0 saturated carbocycles. The molecule has 0 radical (unpaired) electrons. The van der Waals surface area contributed by atoms with E-state index in [1.54, 1.807) is 11.5 Å². The fraction of sp³-hybridized carbons (Fsp3) is 0.571. The van der Waals surface area contributed by atoms with E-state index in [1.807, 2.05) is 0 Å². The van der Waals surface area contributed by atoms with Gasteiger partial charge in [0, 0.05) is 17.1 Å². The number of aryl methyl sites for hydroxylation is 1. The van der Waals surface area contributed by atoms with Crippen molar-refractivity contribution in [1.29, 1.82) is 0 Å². The zero-order chi connectivity index (χ0) is 13.5. The fourth-order valence-corrected chi connectivity index (χ4v) is 4.80. The maximum atomic E-state index is 5.48. The Labute approximate surface area is 130 Å². The zero-order valence-electron chi connectivity index (χ0n) is 11.2. The topological polar surface area (TPSA) is 39.5 Å². The molecule has 2 aromatic rings.